The van der Waals surface area contributed by atoms with E-state index in [0.29, 0.717) is 25.3 Å². The highest BCUT2D eigenvalue weighted by Gasteiger charge is 2.37. The van der Waals surface area contributed by atoms with Crippen LogP contribution in [0.15, 0.2) is 60.9 Å². The van der Waals surface area contributed by atoms with Crippen molar-refractivity contribution in [3.05, 3.63) is 72.1 Å². The molecule has 0 unspecified atom stereocenters. The summed E-state index contributed by atoms with van der Waals surface area (Å²) in [7, 11) is 0. The van der Waals surface area contributed by atoms with Crippen molar-refractivity contribution in [2.24, 2.45) is 11.8 Å². The summed E-state index contributed by atoms with van der Waals surface area (Å²) in [6.07, 6.45) is 13.4. The van der Waals surface area contributed by atoms with E-state index < -0.39 is 11.9 Å². The Hall–Kier alpha value is -3.54. The average molecular weight is 514 g/mol. The maximum absolute atomic E-state index is 12.6. The number of nitrogens with zero attached hydrogens (tertiary/aromatic N) is 3. The van der Waals surface area contributed by atoms with Crippen LogP contribution in [-0.4, -0.2) is 44.9 Å². The van der Waals surface area contributed by atoms with Crippen molar-refractivity contribution < 1.29 is 14.7 Å². The molecule has 2 heterocycles. The van der Waals surface area contributed by atoms with E-state index in [4.69, 9.17) is 5.11 Å². The Kier molecular flexibility index (Phi) is 9.63. The quantitative estimate of drug-likeness (QED) is 0.266. The summed E-state index contributed by atoms with van der Waals surface area (Å²) >= 11 is 0. The van der Waals surface area contributed by atoms with Gasteiger partial charge in [0.05, 0.1) is 5.92 Å². The van der Waals surface area contributed by atoms with E-state index in [1.54, 1.807) is 4.90 Å². The van der Waals surface area contributed by atoms with Crippen LogP contribution < -0.4 is 0 Å². The van der Waals surface area contributed by atoms with Crippen molar-refractivity contribution in [2.45, 2.75) is 65.2 Å². The van der Waals surface area contributed by atoms with E-state index in [9.17, 15) is 9.59 Å². The highest BCUT2D eigenvalue weighted by Crippen LogP contribution is 2.24. The van der Waals surface area contributed by atoms with Crippen molar-refractivity contribution in [3.8, 4) is 22.5 Å². The van der Waals surface area contributed by atoms with Crippen LogP contribution in [0.3, 0.4) is 0 Å². The lowest BCUT2D eigenvalue weighted by atomic mass is 9.94. The van der Waals surface area contributed by atoms with Crippen molar-refractivity contribution in [1.29, 1.82) is 0 Å². The molecular weight excluding hydrogens is 474 g/mol. The zero-order valence-electron chi connectivity index (χ0n) is 22.6. The number of likely N-dealkylation sites (tertiary alicyclic amines) is 1. The van der Waals surface area contributed by atoms with Gasteiger partial charge < -0.3 is 10.0 Å². The van der Waals surface area contributed by atoms with Crippen molar-refractivity contribution in [2.75, 3.05) is 13.1 Å². The molecule has 1 amide bonds. The van der Waals surface area contributed by atoms with E-state index in [-0.39, 0.29) is 11.8 Å². The molecule has 3 aromatic rings. The molecule has 1 saturated heterocycles. The average Bonchev–Trinajstić information content (AvgIpc) is 2.90. The summed E-state index contributed by atoms with van der Waals surface area (Å²) in [5.41, 5.74) is 5.49. The fourth-order valence-corrected chi connectivity index (χ4v) is 4.96. The number of carboxylic acid groups (broad SMARTS) is 1. The molecule has 1 aromatic heterocycles. The molecule has 1 aliphatic rings. The third-order valence-electron chi connectivity index (χ3n) is 7.48. The molecule has 38 heavy (non-hydrogen) atoms. The number of hydrogen-bond acceptors (Lipinski definition) is 4. The van der Waals surface area contributed by atoms with Gasteiger partial charge in [0.2, 0.25) is 5.91 Å². The van der Waals surface area contributed by atoms with E-state index in [1.165, 1.54) is 44.1 Å². The second kappa shape index (κ2) is 13.3. The minimum absolute atomic E-state index is 0.0148. The molecule has 4 rings (SSSR count). The molecule has 6 nitrogen and oxygen atoms in total. The van der Waals surface area contributed by atoms with Crippen LogP contribution >= 0.6 is 0 Å². The Balaban J connectivity index is 1.27. The molecule has 1 atom stereocenters. The van der Waals surface area contributed by atoms with Crippen molar-refractivity contribution in [3.63, 3.8) is 0 Å². The number of hydrogen-bond donors (Lipinski definition) is 1. The normalized spacial score (nSPS) is 14.2. The summed E-state index contributed by atoms with van der Waals surface area (Å²) in [4.78, 5) is 34.4. The first-order valence-corrected chi connectivity index (χ1v) is 14.0. The van der Waals surface area contributed by atoms with Gasteiger partial charge in [-0.1, -0.05) is 94.5 Å². The van der Waals surface area contributed by atoms with Crippen LogP contribution in [0.1, 0.15) is 63.5 Å². The molecular formula is C32H39N3O3. The number of carboxylic acids is 1. The number of unbranched alkanes of at least 4 members (excludes halogenated alkanes) is 5. The second-order valence-corrected chi connectivity index (χ2v) is 10.6. The highest BCUT2D eigenvalue weighted by molar-refractivity contribution is 5.82. The minimum Gasteiger partial charge on any atom is -0.481 e. The molecule has 0 saturated carbocycles. The third-order valence-corrected chi connectivity index (χ3v) is 7.48. The van der Waals surface area contributed by atoms with Gasteiger partial charge in [0, 0.05) is 42.5 Å². The predicted octanol–water partition coefficient (Wildman–Crippen LogP) is 6.44. The van der Waals surface area contributed by atoms with Gasteiger partial charge in [-0.2, -0.15) is 0 Å². The monoisotopic (exact) mass is 513 g/mol. The van der Waals surface area contributed by atoms with E-state index in [2.05, 4.69) is 41.2 Å². The van der Waals surface area contributed by atoms with Gasteiger partial charge in [-0.3, -0.25) is 9.59 Å². The fraction of sp³-hybridized carbons (Fsp3) is 0.438. The first kappa shape index (κ1) is 27.5. The number of amides is 1. The van der Waals surface area contributed by atoms with Crippen LogP contribution in [0.2, 0.25) is 0 Å². The van der Waals surface area contributed by atoms with Gasteiger partial charge in [0.25, 0.3) is 0 Å². The number of benzene rings is 2. The molecule has 1 fully saturated rings. The van der Waals surface area contributed by atoms with Crippen LogP contribution in [0.25, 0.3) is 22.5 Å². The Labute approximate surface area is 226 Å². The standard InChI is InChI=1S/C32H39N3O3/c1-3-4-5-6-7-8-9-24-10-14-26(15-11-24)28-19-33-30(34-20-28)27-16-12-25(13-17-27)18-23(2)31(36)35-21-29(22-35)32(37)38/h10-17,19-20,23,29H,3-9,18,21-22H2,1-2H3,(H,37,38)/t23-/m0/s1. The van der Waals surface area contributed by atoms with Crippen LogP contribution in [0.4, 0.5) is 0 Å². The number of aliphatic carboxylic acids is 1. The largest absolute Gasteiger partial charge is 0.481 e. The smallest absolute Gasteiger partial charge is 0.310 e. The number of rotatable bonds is 13. The van der Waals surface area contributed by atoms with E-state index in [0.717, 1.165) is 28.7 Å². The van der Waals surface area contributed by atoms with Gasteiger partial charge in [0.15, 0.2) is 5.82 Å². The van der Waals surface area contributed by atoms with Gasteiger partial charge in [0.1, 0.15) is 0 Å². The van der Waals surface area contributed by atoms with Gasteiger partial charge in [-0.05, 0) is 36.0 Å². The predicted molar refractivity (Wildman–Crippen MR) is 151 cm³/mol. The maximum Gasteiger partial charge on any atom is 0.310 e. The third kappa shape index (κ3) is 7.27. The van der Waals surface area contributed by atoms with E-state index in [1.807, 2.05) is 43.6 Å². The fourth-order valence-electron chi connectivity index (χ4n) is 4.96. The second-order valence-electron chi connectivity index (χ2n) is 10.6. The first-order chi connectivity index (χ1) is 18.4. The van der Waals surface area contributed by atoms with Gasteiger partial charge in [-0.25, -0.2) is 9.97 Å². The van der Waals surface area contributed by atoms with Crippen LogP contribution in [0, 0.1) is 11.8 Å². The van der Waals surface area contributed by atoms with Crippen molar-refractivity contribution in [1.82, 2.24) is 14.9 Å². The lowest BCUT2D eigenvalue weighted by Crippen LogP contribution is -2.54. The van der Waals surface area contributed by atoms with Gasteiger partial charge in [-0.15, -0.1) is 0 Å². The molecule has 0 radical (unpaired) electrons. The maximum atomic E-state index is 12.6. The number of aryl methyl sites for hydroxylation is 1. The Morgan fingerprint density at radius 1 is 0.842 bits per heavy atom. The lowest BCUT2D eigenvalue weighted by Gasteiger charge is -2.38. The van der Waals surface area contributed by atoms with Crippen molar-refractivity contribution >= 4 is 11.9 Å². The Bertz CT molecular complexity index is 1180. The minimum atomic E-state index is -0.829. The number of carbonyl (C=O) groups excluding carboxylic acids is 1. The zero-order valence-corrected chi connectivity index (χ0v) is 22.6. The Morgan fingerprint density at radius 2 is 1.42 bits per heavy atom. The van der Waals surface area contributed by atoms with Crippen LogP contribution in [-0.2, 0) is 22.4 Å². The summed E-state index contributed by atoms with van der Waals surface area (Å²) in [6.45, 7) is 4.78. The summed E-state index contributed by atoms with van der Waals surface area (Å²) < 4.78 is 0. The molecule has 0 aliphatic carbocycles. The lowest BCUT2D eigenvalue weighted by molar-refractivity contribution is -0.154. The summed E-state index contributed by atoms with van der Waals surface area (Å²) in [5.74, 6) is -0.760. The number of carbonyl (C=O) groups is 2. The summed E-state index contributed by atoms with van der Waals surface area (Å²) in [6, 6.07) is 16.7. The number of aromatic nitrogens is 2. The molecule has 1 aliphatic heterocycles. The molecule has 1 N–H and O–H groups in total. The molecule has 0 spiro atoms. The van der Waals surface area contributed by atoms with Gasteiger partial charge >= 0.3 is 5.97 Å². The first-order valence-electron chi connectivity index (χ1n) is 14.0. The Morgan fingerprint density at radius 3 is 2.05 bits per heavy atom. The SMILES string of the molecule is CCCCCCCCc1ccc(-c2cnc(-c3ccc(C[C@H](C)C(=O)N4CC(C(=O)O)C4)cc3)nc2)cc1. The molecule has 2 aromatic carbocycles. The molecule has 6 heteroatoms. The summed E-state index contributed by atoms with van der Waals surface area (Å²) in [5, 5.41) is 9.01. The van der Waals surface area contributed by atoms with Crippen LogP contribution in [0.5, 0.6) is 0 Å². The zero-order chi connectivity index (χ0) is 26.9. The van der Waals surface area contributed by atoms with E-state index >= 15 is 0 Å². The molecule has 0 bridgehead atoms. The highest BCUT2D eigenvalue weighted by atomic mass is 16.4. The molecule has 200 valence electrons. The topological polar surface area (TPSA) is 83.4 Å².